The molecule has 0 rings (SSSR count). The van der Waals surface area contributed by atoms with Crippen molar-refractivity contribution in [3.8, 4) is 0 Å². The number of nitrogens with zero attached hydrogens (tertiary/aromatic N) is 3. The van der Waals surface area contributed by atoms with Crippen molar-refractivity contribution in [2.24, 2.45) is 4.99 Å². The maximum atomic E-state index is 12.0. The second kappa shape index (κ2) is 16.6. The minimum Gasteiger partial charge on any atom is -0.357 e. The van der Waals surface area contributed by atoms with Crippen LogP contribution in [0.5, 0.6) is 0 Å². The first-order valence-electron chi connectivity index (χ1n) is 9.92. The Morgan fingerprint density at radius 2 is 1.58 bits per heavy atom. The van der Waals surface area contributed by atoms with E-state index in [1.807, 2.05) is 18.7 Å². The molecule has 0 fully saturated rings. The monoisotopic (exact) mass is 483 g/mol. The molecular weight excluding hydrogens is 441 g/mol. The zero-order valence-corrected chi connectivity index (χ0v) is 20.3. The normalized spacial score (nSPS) is 11.7. The standard InChI is InChI=1S/C19H41N5O.HI/c1-8-20-19(22-14-12-18(25)23(9-2)10-3)21-13-11-15-24(16(4)5)17(6)7;/h16-17H,8-15H2,1-7H3,(H2,20,21,22);1H. The summed E-state index contributed by atoms with van der Waals surface area (Å²) >= 11 is 0. The first-order chi connectivity index (χ1) is 11.9. The number of hydrogen-bond acceptors (Lipinski definition) is 3. The molecule has 0 aliphatic heterocycles. The van der Waals surface area contributed by atoms with Crippen LogP contribution in [-0.2, 0) is 4.79 Å². The number of halogens is 1. The first-order valence-corrected chi connectivity index (χ1v) is 9.92. The highest BCUT2D eigenvalue weighted by Crippen LogP contribution is 2.05. The van der Waals surface area contributed by atoms with Crippen LogP contribution < -0.4 is 10.6 Å². The van der Waals surface area contributed by atoms with E-state index >= 15 is 0 Å². The Morgan fingerprint density at radius 1 is 1.00 bits per heavy atom. The minimum absolute atomic E-state index is 0. The van der Waals surface area contributed by atoms with Crippen molar-refractivity contribution in [2.75, 3.05) is 39.3 Å². The van der Waals surface area contributed by atoms with Crippen LogP contribution in [0.25, 0.3) is 0 Å². The van der Waals surface area contributed by atoms with Crippen LogP contribution in [0.2, 0.25) is 0 Å². The van der Waals surface area contributed by atoms with Gasteiger partial charge in [0, 0.05) is 57.8 Å². The molecular formula is C19H42IN5O. The van der Waals surface area contributed by atoms with Crippen molar-refractivity contribution in [3.05, 3.63) is 0 Å². The van der Waals surface area contributed by atoms with Gasteiger partial charge in [-0.25, -0.2) is 0 Å². The number of carbonyl (C=O) groups is 1. The SMILES string of the molecule is CCNC(=NCCCN(C(C)C)C(C)C)NCCC(=O)N(CC)CC.I. The lowest BCUT2D eigenvalue weighted by atomic mass is 10.2. The highest BCUT2D eigenvalue weighted by molar-refractivity contribution is 14.0. The van der Waals surface area contributed by atoms with Gasteiger partial charge in [0.15, 0.2) is 5.96 Å². The largest absolute Gasteiger partial charge is 0.357 e. The fourth-order valence-corrected chi connectivity index (χ4v) is 2.92. The summed E-state index contributed by atoms with van der Waals surface area (Å²) in [7, 11) is 0. The Bertz CT molecular complexity index is 376. The molecule has 0 aromatic carbocycles. The van der Waals surface area contributed by atoms with Crippen LogP contribution in [0.4, 0.5) is 0 Å². The van der Waals surface area contributed by atoms with E-state index in [1.54, 1.807) is 0 Å². The van der Waals surface area contributed by atoms with Crippen LogP contribution in [0.1, 0.15) is 61.3 Å². The summed E-state index contributed by atoms with van der Waals surface area (Å²) in [5.41, 5.74) is 0. The molecule has 0 atom stereocenters. The van der Waals surface area contributed by atoms with Crippen molar-refractivity contribution in [1.82, 2.24) is 20.4 Å². The van der Waals surface area contributed by atoms with Gasteiger partial charge in [0.2, 0.25) is 5.91 Å². The van der Waals surface area contributed by atoms with Crippen molar-refractivity contribution < 1.29 is 4.79 Å². The summed E-state index contributed by atoms with van der Waals surface area (Å²) in [6.07, 6.45) is 1.53. The van der Waals surface area contributed by atoms with E-state index in [4.69, 9.17) is 0 Å². The number of amides is 1. The van der Waals surface area contributed by atoms with E-state index in [0.717, 1.165) is 45.1 Å². The maximum Gasteiger partial charge on any atom is 0.224 e. The van der Waals surface area contributed by atoms with Gasteiger partial charge in [0.05, 0.1) is 0 Å². The number of nitrogens with one attached hydrogen (secondary N) is 2. The van der Waals surface area contributed by atoms with Crippen molar-refractivity contribution in [1.29, 1.82) is 0 Å². The van der Waals surface area contributed by atoms with Crippen LogP contribution >= 0.6 is 24.0 Å². The predicted octanol–water partition coefficient (Wildman–Crippen LogP) is 2.93. The fraction of sp³-hybridized carbons (Fsp3) is 0.895. The smallest absolute Gasteiger partial charge is 0.224 e. The van der Waals surface area contributed by atoms with E-state index < -0.39 is 0 Å². The molecule has 2 N–H and O–H groups in total. The Morgan fingerprint density at radius 3 is 2.04 bits per heavy atom. The van der Waals surface area contributed by atoms with E-state index in [9.17, 15) is 4.79 Å². The van der Waals surface area contributed by atoms with Crippen LogP contribution in [0, 0.1) is 0 Å². The highest BCUT2D eigenvalue weighted by Gasteiger charge is 2.12. The van der Waals surface area contributed by atoms with Crippen molar-refractivity contribution in [3.63, 3.8) is 0 Å². The molecule has 0 bridgehead atoms. The third kappa shape index (κ3) is 11.9. The molecule has 0 saturated heterocycles. The topological polar surface area (TPSA) is 60.0 Å². The van der Waals surface area contributed by atoms with E-state index in [0.29, 0.717) is 25.0 Å². The lowest BCUT2D eigenvalue weighted by molar-refractivity contribution is -0.130. The number of guanidine groups is 1. The number of rotatable bonds is 12. The van der Waals surface area contributed by atoms with Gasteiger partial charge >= 0.3 is 0 Å². The summed E-state index contributed by atoms with van der Waals surface area (Å²) < 4.78 is 0. The molecule has 0 aliphatic carbocycles. The van der Waals surface area contributed by atoms with E-state index in [2.05, 4.69) is 55.1 Å². The van der Waals surface area contributed by atoms with Gasteiger partial charge < -0.3 is 15.5 Å². The Kier molecular flexibility index (Phi) is 17.6. The third-order valence-electron chi connectivity index (χ3n) is 4.26. The predicted molar refractivity (Wildman–Crippen MR) is 124 cm³/mol. The van der Waals surface area contributed by atoms with Crippen LogP contribution in [0.15, 0.2) is 4.99 Å². The summed E-state index contributed by atoms with van der Waals surface area (Å²) in [5.74, 6) is 0.994. The summed E-state index contributed by atoms with van der Waals surface area (Å²) in [4.78, 5) is 21.0. The lowest BCUT2D eigenvalue weighted by Crippen LogP contribution is -2.40. The molecule has 7 heteroatoms. The molecule has 156 valence electrons. The van der Waals surface area contributed by atoms with Gasteiger partial charge in [-0.3, -0.25) is 14.7 Å². The Balaban J connectivity index is 0. The second-order valence-corrected chi connectivity index (χ2v) is 6.78. The lowest BCUT2D eigenvalue weighted by Gasteiger charge is -2.30. The van der Waals surface area contributed by atoms with Crippen molar-refractivity contribution >= 4 is 35.8 Å². The van der Waals surface area contributed by atoms with E-state index in [-0.39, 0.29) is 29.9 Å². The zero-order chi connectivity index (χ0) is 19.2. The van der Waals surface area contributed by atoms with Crippen LogP contribution in [0.3, 0.4) is 0 Å². The molecule has 0 aromatic heterocycles. The van der Waals surface area contributed by atoms with Gasteiger partial charge in [-0.1, -0.05) is 0 Å². The van der Waals surface area contributed by atoms with Gasteiger partial charge in [0.25, 0.3) is 0 Å². The summed E-state index contributed by atoms with van der Waals surface area (Å²) in [5, 5.41) is 6.51. The quantitative estimate of drug-likeness (QED) is 0.194. The van der Waals surface area contributed by atoms with Gasteiger partial charge in [-0.05, 0) is 54.9 Å². The molecule has 0 saturated carbocycles. The Hall–Kier alpha value is -0.570. The molecule has 0 aromatic rings. The number of hydrogen-bond donors (Lipinski definition) is 2. The van der Waals surface area contributed by atoms with Gasteiger partial charge in [0.1, 0.15) is 0 Å². The molecule has 1 amide bonds. The van der Waals surface area contributed by atoms with E-state index in [1.165, 1.54) is 0 Å². The van der Waals surface area contributed by atoms with Gasteiger partial charge in [-0.15, -0.1) is 24.0 Å². The summed E-state index contributed by atoms with van der Waals surface area (Å²) in [6.45, 7) is 19.8. The molecule has 0 spiro atoms. The summed E-state index contributed by atoms with van der Waals surface area (Å²) in [6, 6.07) is 1.11. The minimum atomic E-state index is 0. The number of carbonyl (C=O) groups excluding carboxylic acids is 1. The Labute approximate surface area is 178 Å². The highest BCUT2D eigenvalue weighted by atomic mass is 127. The second-order valence-electron chi connectivity index (χ2n) is 6.78. The fourth-order valence-electron chi connectivity index (χ4n) is 2.92. The maximum absolute atomic E-state index is 12.0. The zero-order valence-electron chi connectivity index (χ0n) is 18.0. The average molecular weight is 483 g/mol. The average Bonchev–Trinajstić information content (AvgIpc) is 2.54. The number of aliphatic imine (C=N–C) groups is 1. The van der Waals surface area contributed by atoms with Crippen molar-refractivity contribution in [2.45, 2.75) is 73.4 Å². The molecule has 0 unspecified atom stereocenters. The molecule has 0 heterocycles. The van der Waals surface area contributed by atoms with Gasteiger partial charge in [-0.2, -0.15) is 0 Å². The molecule has 0 aliphatic rings. The molecule has 0 radical (unpaired) electrons. The van der Waals surface area contributed by atoms with Crippen LogP contribution in [-0.4, -0.2) is 73.0 Å². The molecule has 26 heavy (non-hydrogen) atoms. The first kappa shape index (κ1) is 27.6. The molecule has 6 nitrogen and oxygen atoms in total. The third-order valence-corrected chi connectivity index (χ3v) is 4.26.